The van der Waals surface area contributed by atoms with Gasteiger partial charge in [0.2, 0.25) is 5.88 Å². The number of piperidine rings is 1. The second-order valence-electron chi connectivity index (χ2n) is 5.25. The zero-order valence-corrected chi connectivity index (χ0v) is 12.3. The van der Waals surface area contributed by atoms with Crippen LogP contribution in [0.15, 0.2) is 18.2 Å². The van der Waals surface area contributed by atoms with Gasteiger partial charge in [-0.25, -0.2) is 9.97 Å². The molecule has 0 unspecified atom stereocenters. The summed E-state index contributed by atoms with van der Waals surface area (Å²) in [5, 5.41) is 4.03. The van der Waals surface area contributed by atoms with Crippen molar-refractivity contribution in [3.05, 3.63) is 28.9 Å². The number of fused-ring (bicyclic) bond motifs is 1. The number of hydrogen-bond donors (Lipinski definition) is 1. The monoisotopic (exact) mass is 291 g/mol. The lowest BCUT2D eigenvalue weighted by atomic mass is 9.99. The van der Waals surface area contributed by atoms with Crippen LogP contribution in [0.5, 0.6) is 5.88 Å². The Kier molecular flexibility index (Phi) is 4.03. The van der Waals surface area contributed by atoms with Crippen LogP contribution < -0.4 is 10.1 Å². The van der Waals surface area contributed by atoms with Gasteiger partial charge in [0, 0.05) is 5.02 Å². The van der Waals surface area contributed by atoms with Crippen molar-refractivity contribution >= 4 is 22.6 Å². The molecule has 0 radical (unpaired) electrons. The molecule has 3 rings (SSSR count). The number of benzene rings is 1. The molecule has 2 heterocycles. The van der Waals surface area contributed by atoms with Crippen molar-refractivity contribution in [1.82, 2.24) is 15.3 Å². The Morgan fingerprint density at radius 3 is 2.85 bits per heavy atom. The standard InChI is InChI=1S/C15H18ClN3O/c1-10-15(20-9-11-4-6-17-7-5-11)19-13-3-2-12(16)8-14(13)18-10/h2-3,8,11,17H,4-7,9H2,1H3. The van der Waals surface area contributed by atoms with Crippen LogP contribution in [-0.4, -0.2) is 29.7 Å². The highest BCUT2D eigenvalue weighted by atomic mass is 35.5. The zero-order chi connectivity index (χ0) is 13.9. The Balaban J connectivity index is 1.77. The van der Waals surface area contributed by atoms with E-state index in [-0.39, 0.29) is 0 Å². The molecule has 106 valence electrons. The molecular formula is C15H18ClN3O. The highest BCUT2D eigenvalue weighted by molar-refractivity contribution is 6.31. The first-order chi connectivity index (χ1) is 9.72. The lowest BCUT2D eigenvalue weighted by Gasteiger charge is -2.22. The number of nitrogens with zero attached hydrogens (tertiary/aromatic N) is 2. The Labute approximate surface area is 123 Å². The fourth-order valence-corrected chi connectivity index (χ4v) is 2.65. The maximum atomic E-state index is 5.97. The van der Waals surface area contributed by atoms with Gasteiger partial charge in [0.25, 0.3) is 0 Å². The molecule has 1 aromatic carbocycles. The van der Waals surface area contributed by atoms with Crippen LogP contribution in [0.3, 0.4) is 0 Å². The topological polar surface area (TPSA) is 47.0 Å². The third kappa shape index (κ3) is 3.02. The summed E-state index contributed by atoms with van der Waals surface area (Å²) in [4.78, 5) is 9.06. The van der Waals surface area contributed by atoms with E-state index < -0.39 is 0 Å². The van der Waals surface area contributed by atoms with Gasteiger partial charge in [0.05, 0.1) is 17.6 Å². The highest BCUT2D eigenvalue weighted by Crippen LogP contribution is 2.22. The molecule has 1 aliphatic rings. The molecule has 0 amide bonds. The van der Waals surface area contributed by atoms with Crippen molar-refractivity contribution in [1.29, 1.82) is 0 Å². The molecule has 2 aromatic rings. The molecule has 4 nitrogen and oxygen atoms in total. The summed E-state index contributed by atoms with van der Waals surface area (Å²) in [6.07, 6.45) is 2.32. The van der Waals surface area contributed by atoms with Gasteiger partial charge < -0.3 is 10.1 Å². The van der Waals surface area contributed by atoms with Crippen molar-refractivity contribution in [2.45, 2.75) is 19.8 Å². The van der Waals surface area contributed by atoms with Crippen molar-refractivity contribution in [2.75, 3.05) is 19.7 Å². The van der Waals surface area contributed by atoms with E-state index in [1.54, 1.807) is 0 Å². The van der Waals surface area contributed by atoms with Crippen LogP contribution in [0.1, 0.15) is 18.5 Å². The van der Waals surface area contributed by atoms with Crippen LogP contribution >= 0.6 is 11.6 Å². The molecule has 1 N–H and O–H groups in total. The summed E-state index contributed by atoms with van der Waals surface area (Å²) in [5.74, 6) is 1.25. The van der Waals surface area contributed by atoms with Crippen LogP contribution in [0, 0.1) is 12.8 Å². The first kappa shape index (κ1) is 13.6. The van der Waals surface area contributed by atoms with E-state index >= 15 is 0 Å². The average molecular weight is 292 g/mol. The lowest BCUT2D eigenvalue weighted by Crippen LogP contribution is -2.30. The molecule has 0 atom stereocenters. The minimum atomic E-state index is 0.610. The third-order valence-corrected chi connectivity index (χ3v) is 3.91. The Morgan fingerprint density at radius 2 is 2.05 bits per heavy atom. The number of aryl methyl sites for hydroxylation is 1. The number of hydrogen-bond acceptors (Lipinski definition) is 4. The first-order valence-corrected chi connectivity index (χ1v) is 7.37. The number of rotatable bonds is 3. The molecule has 20 heavy (non-hydrogen) atoms. The number of aromatic nitrogens is 2. The van der Waals surface area contributed by atoms with E-state index in [2.05, 4.69) is 15.3 Å². The summed E-state index contributed by atoms with van der Waals surface area (Å²) < 4.78 is 5.88. The largest absolute Gasteiger partial charge is 0.476 e. The SMILES string of the molecule is Cc1nc2cc(Cl)ccc2nc1OCC1CCNCC1. The summed E-state index contributed by atoms with van der Waals surface area (Å²) >= 11 is 5.97. The van der Waals surface area contributed by atoms with Crippen molar-refractivity contribution < 1.29 is 4.74 Å². The van der Waals surface area contributed by atoms with E-state index in [1.165, 1.54) is 0 Å². The van der Waals surface area contributed by atoms with Crippen molar-refractivity contribution in [2.24, 2.45) is 5.92 Å². The van der Waals surface area contributed by atoms with Gasteiger partial charge in [-0.1, -0.05) is 11.6 Å². The molecule has 5 heteroatoms. The second-order valence-corrected chi connectivity index (χ2v) is 5.69. The molecule has 0 saturated carbocycles. The van der Waals surface area contributed by atoms with E-state index in [9.17, 15) is 0 Å². The van der Waals surface area contributed by atoms with E-state index in [0.29, 0.717) is 16.8 Å². The maximum absolute atomic E-state index is 5.97. The minimum absolute atomic E-state index is 0.610. The smallest absolute Gasteiger partial charge is 0.235 e. The summed E-state index contributed by atoms with van der Waals surface area (Å²) in [7, 11) is 0. The predicted molar refractivity (Wildman–Crippen MR) is 80.4 cm³/mol. The van der Waals surface area contributed by atoms with Gasteiger partial charge in [-0.2, -0.15) is 0 Å². The van der Waals surface area contributed by atoms with Crippen LogP contribution in [0.25, 0.3) is 11.0 Å². The fraction of sp³-hybridized carbons (Fsp3) is 0.467. The third-order valence-electron chi connectivity index (χ3n) is 3.67. The van der Waals surface area contributed by atoms with Gasteiger partial charge in [0.1, 0.15) is 5.69 Å². The van der Waals surface area contributed by atoms with Crippen LogP contribution in [0.4, 0.5) is 0 Å². The van der Waals surface area contributed by atoms with Gasteiger partial charge in [-0.15, -0.1) is 0 Å². The minimum Gasteiger partial charge on any atom is -0.476 e. The zero-order valence-electron chi connectivity index (χ0n) is 11.5. The van der Waals surface area contributed by atoms with Gasteiger partial charge >= 0.3 is 0 Å². The summed E-state index contributed by atoms with van der Waals surface area (Å²) in [6.45, 7) is 4.80. The molecule has 1 aromatic heterocycles. The van der Waals surface area contributed by atoms with Crippen LogP contribution in [-0.2, 0) is 0 Å². The molecule has 0 aliphatic carbocycles. The molecule has 1 aliphatic heterocycles. The van der Waals surface area contributed by atoms with Crippen molar-refractivity contribution in [3.8, 4) is 5.88 Å². The molecule has 0 spiro atoms. The molecule has 1 saturated heterocycles. The van der Waals surface area contributed by atoms with E-state index in [4.69, 9.17) is 16.3 Å². The van der Waals surface area contributed by atoms with Gasteiger partial charge in [-0.3, -0.25) is 0 Å². The lowest BCUT2D eigenvalue weighted by molar-refractivity contribution is 0.207. The fourth-order valence-electron chi connectivity index (χ4n) is 2.48. The first-order valence-electron chi connectivity index (χ1n) is 7.00. The Bertz CT molecular complexity index is 611. The predicted octanol–water partition coefficient (Wildman–Crippen LogP) is 2.97. The quantitative estimate of drug-likeness (QED) is 0.944. The van der Waals surface area contributed by atoms with E-state index in [1.807, 2.05) is 25.1 Å². The second kappa shape index (κ2) is 5.94. The number of nitrogens with one attached hydrogen (secondary N) is 1. The molecule has 1 fully saturated rings. The summed E-state index contributed by atoms with van der Waals surface area (Å²) in [5.41, 5.74) is 2.44. The summed E-state index contributed by atoms with van der Waals surface area (Å²) in [6, 6.07) is 5.53. The Hall–Kier alpha value is -1.39. The average Bonchev–Trinajstić information content (AvgIpc) is 2.46. The van der Waals surface area contributed by atoms with Gasteiger partial charge in [0.15, 0.2) is 0 Å². The van der Waals surface area contributed by atoms with Gasteiger partial charge in [-0.05, 0) is 57.0 Å². The Morgan fingerprint density at radius 1 is 1.25 bits per heavy atom. The number of ether oxygens (including phenoxy) is 1. The van der Waals surface area contributed by atoms with E-state index in [0.717, 1.165) is 49.3 Å². The highest BCUT2D eigenvalue weighted by Gasteiger charge is 2.15. The normalized spacial score (nSPS) is 16.5. The maximum Gasteiger partial charge on any atom is 0.235 e. The number of halogens is 1. The molecular weight excluding hydrogens is 274 g/mol. The van der Waals surface area contributed by atoms with Crippen molar-refractivity contribution in [3.63, 3.8) is 0 Å². The van der Waals surface area contributed by atoms with Crippen LogP contribution in [0.2, 0.25) is 5.02 Å². The molecule has 0 bridgehead atoms.